The lowest BCUT2D eigenvalue weighted by atomic mass is 10.1. The van der Waals surface area contributed by atoms with E-state index in [0.717, 1.165) is 17.0 Å². The van der Waals surface area contributed by atoms with Crippen molar-refractivity contribution in [3.63, 3.8) is 0 Å². The predicted molar refractivity (Wildman–Crippen MR) is 95.5 cm³/mol. The van der Waals surface area contributed by atoms with Crippen molar-refractivity contribution >= 4 is 17.5 Å². The Morgan fingerprint density at radius 3 is 2.85 bits per heavy atom. The third kappa shape index (κ3) is 2.81. The molecule has 1 aliphatic rings. The predicted octanol–water partition coefficient (Wildman–Crippen LogP) is 1.43. The van der Waals surface area contributed by atoms with Gasteiger partial charge in [-0.05, 0) is 30.7 Å². The standard InChI is InChI=1S/C19H19N5O2/c1-13(24-12-14-6-2-3-7-15(14)19(24)26)18(25)20-10-9-17-22-21-16-8-4-5-11-23(16)17/h2-8,11,13H,9-10,12H2,1H3,(H,20,25). The molecule has 4 rings (SSSR count). The van der Waals surface area contributed by atoms with E-state index < -0.39 is 6.04 Å². The Kier molecular flexibility index (Phi) is 4.12. The number of hydrogen-bond donors (Lipinski definition) is 1. The molecule has 0 bridgehead atoms. The number of nitrogens with zero attached hydrogens (tertiary/aromatic N) is 4. The first-order valence-electron chi connectivity index (χ1n) is 8.60. The molecule has 26 heavy (non-hydrogen) atoms. The van der Waals surface area contributed by atoms with Crippen LogP contribution in [0.2, 0.25) is 0 Å². The van der Waals surface area contributed by atoms with Gasteiger partial charge in [0.2, 0.25) is 5.91 Å². The normalized spacial score (nSPS) is 14.5. The summed E-state index contributed by atoms with van der Waals surface area (Å²) in [6.07, 6.45) is 2.47. The molecule has 1 aromatic carbocycles. The molecule has 0 saturated heterocycles. The van der Waals surface area contributed by atoms with E-state index in [0.29, 0.717) is 25.1 Å². The first kappa shape index (κ1) is 16.3. The minimum Gasteiger partial charge on any atom is -0.354 e. The Hall–Kier alpha value is -3.22. The molecular weight excluding hydrogens is 330 g/mol. The van der Waals surface area contributed by atoms with Crippen LogP contribution in [0.15, 0.2) is 48.7 Å². The molecule has 3 heterocycles. The van der Waals surface area contributed by atoms with Crippen molar-refractivity contribution in [2.75, 3.05) is 6.54 Å². The number of fused-ring (bicyclic) bond motifs is 2. The number of rotatable bonds is 5. The number of hydrogen-bond acceptors (Lipinski definition) is 4. The van der Waals surface area contributed by atoms with Gasteiger partial charge in [-0.25, -0.2) is 0 Å². The molecule has 1 atom stereocenters. The van der Waals surface area contributed by atoms with Crippen molar-refractivity contribution < 1.29 is 9.59 Å². The van der Waals surface area contributed by atoms with E-state index in [2.05, 4.69) is 15.5 Å². The van der Waals surface area contributed by atoms with Crippen LogP contribution in [-0.2, 0) is 17.8 Å². The van der Waals surface area contributed by atoms with E-state index in [1.165, 1.54) is 0 Å². The van der Waals surface area contributed by atoms with E-state index in [1.807, 2.05) is 47.0 Å². The first-order chi connectivity index (χ1) is 12.6. The SMILES string of the molecule is CC(C(=O)NCCc1nnc2ccccn12)N1Cc2ccccc2C1=O. The zero-order valence-electron chi connectivity index (χ0n) is 14.4. The van der Waals surface area contributed by atoms with E-state index in [4.69, 9.17) is 0 Å². The lowest BCUT2D eigenvalue weighted by Crippen LogP contribution is -2.45. The van der Waals surface area contributed by atoms with Gasteiger partial charge in [-0.2, -0.15) is 0 Å². The van der Waals surface area contributed by atoms with Crippen LogP contribution >= 0.6 is 0 Å². The monoisotopic (exact) mass is 349 g/mol. The molecule has 3 aromatic rings. The summed E-state index contributed by atoms with van der Waals surface area (Å²) in [7, 11) is 0. The zero-order valence-corrected chi connectivity index (χ0v) is 14.4. The number of carbonyl (C=O) groups is 2. The molecule has 0 saturated carbocycles. The topological polar surface area (TPSA) is 79.6 Å². The van der Waals surface area contributed by atoms with Gasteiger partial charge in [0, 0.05) is 31.3 Å². The summed E-state index contributed by atoms with van der Waals surface area (Å²) in [5.41, 5.74) is 2.43. The van der Waals surface area contributed by atoms with Crippen molar-refractivity contribution in [1.29, 1.82) is 0 Å². The van der Waals surface area contributed by atoms with Gasteiger partial charge in [-0.1, -0.05) is 24.3 Å². The molecule has 1 aliphatic heterocycles. The lowest BCUT2D eigenvalue weighted by Gasteiger charge is -2.23. The number of nitrogens with one attached hydrogen (secondary N) is 1. The minimum atomic E-state index is -0.523. The summed E-state index contributed by atoms with van der Waals surface area (Å²) in [6.45, 7) is 2.66. The maximum Gasteiger partial charge on any atom is 0.255 e. The van der Waals surface area contributed by atoms with Crippen LogP contribution in [0.5, 0.6) is 0 Å². The molecule has 0 aliphatic carbocycles. The van der Waals surface area contributed by atoms with E-state index >= 15 is 0 Å². The van der Waals surface area contributed by atoms with Gasteiger partial charge in [0.1, 0.15) is 11.9 Å². The van der Waals surface area contributed by atoms with Crippen molar-refractivity contribution in [3.8, 4) is 0 Å². The van der Waals surface area contributed by atoms with E-state index in [-0.39, 0.29) is 11.8 Å². The third-order valence-corrected chi connectivity index (χ3v) is 4.73. The molecule has 1 unspecified atom stereocenters. The molecule has 1 N–H and O–H groups in total. The van der Waals surface area contributed by atoms with Gasteiger partial charge in [-0.15, -0.1) is 10.2 Å². The molecule has 132 valence electrons. The summed E-state index contributed by atoms with van der Waals surface area (Å²) >= 11 is 0. The Labute approximate surface area is 150 Å². The highest BCUT2D eigenvalue weighted by Gasteiger charge is 2.33. The Bertz CT molecular complexity index is 981. The van der Waals surface area contributed by atoms with Gasteiger partial charge in [0.15, 0.2) is 5.65 Å². The molecule has 7 heteroatoms. The largest absolute Gasteiger partial charge is 0.354 e. The van der Waals surface area contributed by atoms with Gasteiger partial charge in [0.25, 0.3) is 5.91 Å². The molecule has 0 fully saturated rings. The fourth-order valence-corrected chi connectivity index (χ4v) is 3.24. The van der Waals surface area contributed by atoms with Crippen molar-refractivity contribution in [2.24, 2.45) is 0 Å². The van der Waals surface area contributed by atoms with Gasteiger partial charge < -0.3 is 10.2 Å². The average molecular weight is 349 g/mol. The molecule has 2 aromatic heterocycles. The summed E-state index contributed by atoms with van der Waals surface area (Å²) in [6, 6.07) is 12.7. The van der Waals surface area contributed by atoms with Crippen LogP contribution in [0.1, 0.15) is 28.7 Å². The fourth-order valence-electron chi connectivity index (χ4n) is 3.24. The first-order valence-corrected chi connectivity index (χ1v) is 8.60. The second-order valence-corrected chi connectivity index (χ2v) is 6.35. The number of pyridine rings is 1. The number of amides is 2. The van der Waals surface area contributed by atoms with Gasteiger partial charge in [0.05, 0.1) is 0 Å². The minimum absolute atomic E-state index is 0.0910. The van der Waals surface area contributed by atoms with E-state index in [9.17, 15) is 9.59 Å². The second-order valence-electron chi connectivity index (χ2n) is 6.35. The average Bonchev–Trinajstić information content (AvgIpc) is 3.23. The van der Waals surface area contributed by atoms with Crippen LogP contribution in [0.4, 0.5) is 0 Å². The molecular formula is C19H19N5O2. The highest BCUT2D eigenvalue weighted by Crippen LogP contribution is 2.24. The molecule has 7 nitrogen and oxygen atoms in total. The smallest absolute Gasteiger partial charge is 0.255 e. The van der Waals surface area contributed by atoms with E-state index in [1.54, 1.807) is 17.9 Å². The highest BCUT2D eigenvalue weighted by atomic mass is 16.2. The third-order valence-electron chi connectivity index (χ3n) is 4.73. The Balaban J connectivity index is 1.36. The Morgan fingerprint density at radius 2 is 2.00 bits per heavy atom. The van der Waals surface area contributed by atoms with Crippen LogP contribution in [-0.4, -0.2) is 43.9 Å². The second kappa shape index (κ2) is 6.59. The van der Waals surface area contributed by atoms with Gasteiger partial charge in [-0.3, -0.25) is 14.0 Å². The van der Waals surface area contributed by atoms with Crippen LogP contribution < -0.4 is 5.32 Å². The van der Waals surface area contributed by atoms with Crippen LogP contribution in [0.3, 0.4) is 0 Å². The number of aromatic nitrogens is 3. The lowest BCUT2D eigenvalue weighted by molar-refractivity contribution is -0.125. The summed E-state index contributed by atoms with van der Waals surface area (Å²) in [5.74, 6) is 0.532. The highest BCUT2D eigenvalue weighted by molar-refractivity contribution is 6.01. The molecule has 0 radical (unpaired) electrons. The molecule has 2 amide bonds. The van der Waals surface area contributed by atoms with Crippen LogP contribution in [0, 0.1) is 0 Å². The quantitative estimate of drug-likeness (QED) is 0.756. The fraction of sp³-hybridized carbons (Fsp3) is 0.263. The number of benzene rings is 1. The Morgan fingerprint density at radius 1 is 1.19 bits per heavy atom. The molecule has 0 spiro atoms. The number of carbonyl (C=O) groups excluding carboxylic acids is 2. The summed E-state index contributed by atoms with van der Waals surface area (Å²) in [4.78, 5) is 26.5. The zero-order chi connectivity index (χ0) is 18.1. The summed E-state index contributed by atoms with van der Waals surface area (Å²) in [5, 5.41) is 11.1. The summed E-state index contributed by atoms with van der Waals surface area (Å²) < 4.78 is 1.90. The van der Waals surface area contributed by atoms with Crippen molar-refractivity contribution in [2.45, 2.75) is 25.9 Å². The van der Waals surface area contributed by atoms with Crippen LogP contribution in [0.25, 0.3) is 5.65 Å². The van der Waals surface area contributed by atoms with Crippen molar-refractivity contribution in [1.82, 2.24) is 24.8 Å². The van der Waals surface area contributed by atoms with Crippen molar-refractivity contribution in [3.05, 3.63) is 65.6 Å². The van der Waals surface area contributed by atoms with Gasteiger partial charge >= 0.3 is 0 Å². The maximum atomic E-state index is 12.5. The maximum absolute atomic E-state index is 12.5.